The molecular formula is C13H15NO2. The Bertz CT molecular complexity index is 389. The van der Waals surface area contributed by atoms with Gasteiger partial charge in [-0.15, -0.1) is 0 Å². The predicted molar refractivity (Wildman–Crippen MR) is 60.4 cm³/mol. The lowest BCUT2D eigenvalue weighted by molar-refractivity contribution is -0.149. The van der Waals surface area contributed by atoms with Crippen LogP contribution in [0.25, 0.3) is 0 Å². The highest BCUT2D eigenvalue weighted by Crippen LogP contribution is 2.08. The van der Waals surface area contributed by atoms with Crippen molar-refractivity contribution >= 4 is 5.97 Å². The molecule has 1 atom stereocenters. The van der Waals surface area contributed by atoms with Crippen LogP contribution in [0.2, 0.25) is 0 Å². The highest BCUT2D eigenvalue weighted by molar-refractivity contribution is 5.71. The molecule has 0 aliphatic heterocycles. The van der Waals surface area contributed by atoms with Crippen LogP contribution in [0.5, 0.6) is 0 Å². The van der Waals surface area contributed by atoms with Crippen molar-refractivity contribution in [3.8, 4) is 6.07 Å². The highest BCUT2D eigenvalue weighted by Gasteiger charge is 2.11. The first kappa shape index (κ1) is 12.3. The molecule has 3 nitrogen and oxygen atoms in total. The van der Waals surface area contributed by atoms with E-state index in [1.165, 1.54) is 0 Å². The molecular weight excluding hydrogens is 202 g/mol. The lowest BCUT2D eigenvalue weighted by Gasteiger charge is -2.09. The van der Waals surface area contributed by atoms with Gasteiger partial charge in [-0.2, -0.15) is 5.26 Å². The summed E-state index contributed by atoms with van der Waals surface area (Å²) in [6.07, 6.45) is 0.784. The number of carbonyl (C=O) groups is 1. The van der Waals surface area contributed by atoms with E-state index in [0.717, 1.165) is 12.0 Å². The normalized spacial score (nSPS) is 11.6. The molecule has 0 radical (unpaired) electrons. The molecule has 0 spiro atoms. The molecule has 0 aliphatic rings. The third kappa shape index (κ3) is 3.39. The molecule has 16 heavy (non-hydrogen) atoms. The summed E-state index contributed by atoms with van der Waals surface area (Å²) in [5, 5.41) is 8.62. The maximum Gasteiger partial charge on any atom is 0.308 e. The van der Waals surface area contributed by atoms with E-state index in [0.29, 0.717) is 5.56 Å². The summed E-state index contributed by atoms with van der Waals surface area (Å²) in [6, 6.07) is 9.06. The van der Waals surface area contributed by atoms with Gasteiger partial charge in [0.2, 0.25) is 0 Å². The Morgan fingerprint density at radius 1 is 1.44 bits per heavy atom. The standard InChI is InChI=1S/C13H15NO2/c1-3-10(2)13(15)16-9-12-6-4-11(8-14)5-7-12/h4-7,10H,3,9H2,1-2H3. The van der Waals surface area contributed by atoms with Crippen LogP contribution < -0.4 is 0 Å². The summed E-state index contributed by atoms with van der Waals surface area (Å²) in [5.41, 5.74) is 1.51. The quantitative estimate of drug-likeness (QED) is 0.728. The van der Waals surface area contributed by atoms with Crippen LogP contribution in [0.15, 0.2) is 24.3 Å². The van der Waals surface area contributed by atoms with Gasteiger partial charge in [0.15, 0.2) is 0 Å². The van der Waals surface area contributed by atoms with Crippen molar-refractivity contribution in [2.45, 2.75) is 26.9 Å². The van der Waals surface area contributed by atoms with Crippen molar-refractivity contribution in [2.75, 3.05) is 0 Å². The molecule has 0 aromatic heterocycles. The number of rotatable bonds is 4. The first-order valence-corrected chi connectivity index (χ1v) is 5.33. The van der Waals surface area contributed by atoms with Crippen molar-refractivity contribution in [2.24, 2.45) is 5.92 Å². The number of hydrogen-bond donors (Lipinski definition) is 0. The SMILES string of the molecule is CCC(C)C(=O)OCc1ccc(C#N)cc1. The zero-order chi connectivity index (χ0) is 12.0. The lowest BCUT2D eigenvalue weighted by Crippen LogP contribution is -2.13. The van der Waals surface area contributed by atoms with E-state index in [1.54, 1.807) is 24.3 Å². The zero-order valence-electron chi connectivity index (χ0n) is 9.56. The monoisotopic (exact) mass is 217 g/mol. The van der Waals surface area contributed by atoms with Gasteiger partial charge in [0.05, 0.1) is 17.6 Å². The molecule has 0 bridgehead atoms. The highest BCUT2D eigenvalue weighted by atomic mass is 16.5. The number of nitrogens with zero attached hydrogens (tertiary/aromatic N) is 1. The number of carbonyl (C=O) groups excluding carboxylic acids is 1. The minimum atomic E-state index is -0.174. The first-order valence-electron chi connectivity index (χ1n) is 5.33. The summed E-state index contributed by atoms with van der Waals surface area (Å²) < 4.78 is 5.13. The molecule has 3 heteroatoms. The third-order valence-corrected chi connectivity index (χ3v) is 2.48. The van der Waals surface area contributed by atoms with Gasteiger partial charge in [-0.1, -0.05) is 26.0 Å². The molecule has 0 heterocycles. The second kappa shape index (κ2) is 5.92. The fourth-order valence-electron chi connectivity index (χ4n) is 1.14. The largest absolute Gasteiger partial charge is 0.461 e. The average Bonchev–Trinajstić information content (AvgIpc) is 2.35. The molecule has 0 saturated carbocycles. The van der Waals surface area contributed by atoms with E-state index in [2.05, 4.69) is 0 Å². The fraction of sp³-hybridized carbons (Fsp3) is 0.385. The molecule has 84 valence electrons. The van der Waals surface area contributed by atoms with Crippen molar-refractivity contribution in [3.63, 3.8) is 0 Å². The smallest absolute Gasteiger partial charge is 0.308 e. The van der Waals surface area contributed by atoms with Crippen LogP contribution in [-0.2, 0) is 16.1 Å². The van der Waals surface area contributed by atoms with Crippen LogP contribution >= 0.6 is 0 Å². The maximum atomic E-state index is 11.4. The van der Waals surface area contributed by atoms with Crippen molar-refractivity contribution < 1.29 is 9.53 Å². The lowest BCUT2D eigenvalue weighted by atomic mass is 10.1. The Labute approximate surface area is 95.7 Å². The van der Waals surface area contributed by atoms with E-state index in [4.69, 9.17) is 10.00 Å². The minimum absolute atomic E-state index is 0.0571. The van der Waals surface area contributed by atoms with Gasteiger partial charge in [-0.05, 0) is 24.1 Å². The van der Waals surface area contributed by atoms with Gasteiger partial charge < -0.3 is 4.74 Å². The average molecular weight is 217 g/mol. The van der Waals surface area contributed by atoms with Gasteiger partial charge in [0.25, 0.3) is 0 Å². The number of hydrogen-bond acceptors (Lipinski definition) is 3. The van der Waals surface area contributed by atoms with E-state index in [-0.39, 0.29) is 18.5 Å². The Hall–Kier alpha value is -1.82. The summed E-state index contributed by atoms with van der Waals surface area (Å²) in [5.74, 6) is -0.231. The Kier molecular flexibility index (Phi) is 4.53. The molecule has 1 unspecified atom stereocenters. The van der Waals surface area contributed by atoms with Gasteiger partial charge >= 0.3 is 5.97 Å². The second-order valence-corrected chi connectivity index (χ2v) is 3.73. The predicted octanol–water partition coefficient (Wildman–Crippen LogP) is 2.65. The Morgan fingerprint density at radius 3 is 2.56 bits per heavy atom. The van der Waals surface area contributed by atoms with Gasteiger partial charge in [-0.3, -0.25) is 4.79 Å². The molecule has 0 aliphatic carbocycles. The Morgan fingerprint density at radius 2 is 2.06 bits per heavy atom. The van der Waals surface area contributed by atoms with Crippen LogP contribution in [0.4, 0.5) is 0 Å². The van der Waals surface area contributed by atoms with Crippen LogP contribution in [0.1, 0.15) is 31.4 Å². The van der Waals surface area contributed by atoms with E-state index in [9.17, 15) is 4.79 Å². The van der Waals surface area contributed by atoms with Crippen LogP contribution in [0.3, 0.4) is 0 Å². The number of esters is 1. The van der Waals surface area contributed by atoms with Gasteiger partial charge in [0, 0.05) is 0 Å². The molecule has 1 rings (SSSR count). The number of nitriles is 1. The van der Waals surface area contributed by atoms with Crippen LogP contribution in [-0.4, -0.2) is 5.97 Å². The van der Waals surface area contributed by atoms with Crippen molar-refractivity contribution in [1.29, 1.82) is 5.26 Å². The maximum absolute atomic E-state index is 11.4. The zero-order valence-corrected chi connectivity index (χ0v) is 9.56. The first-order chi connectivity index (χ1) is 7.67. The summed E-state index contributed by atoms with van der Waals surface area (Å²) in [4.78, 5) is 11.4. The summed E-state index contributed by atoms with van der Waals surface area (Å²) in [7, 11) is 0. The molecule has 1 aromatic rings. The van der Waals surface area contributed by atoms with Gasteiger partial charge in [0.1, 0.15) is 6.61 Å². The number of ether oxygens (including phenoxy) is 1. The van der Waals surface area contributed by atoms with E-state index >= 15 is 0 Å². The topological polar surface area (TPSA) is 50.1 Å². The Balaban J connectivity index is 2.49. The van der Waals surface area contributed by atoms with Crippen molar-refractivity contribution in [1.82, 2.24) is 0 Å². The fourth-order valence-corrected chi connectivity index (χ4v) is 1.14. The van der Waals surface area contributed by atoms with Gasteiger partial charge in [-0.25, -0.2) is 0 Å². The van der Waals surface area contributed by atoms with Crippen molar-refractivity contribution in [3.05, 3.63) is 35.4 Å². The molecule has 0 N–H and O–H groups in total. The summed E-state index contributed by atoms with van der Waals surface area (Å²) >= 11 is 0. The van der Waals surface area contributed by atoms with Crippen LogP contribution in [0, 0.1) is 17.2 Å². The number of benzene rings is 1. The second-order valence-electron chi connectivity index (χ2n) is 3.73. The molecule has 0 fully saturated rings. The molecule has 1 aromatic carbocycles. The van der Waals surface area contributed by atoms with E-state index in [1.807, 2.05) is 19.9 Å². The third-order valence-electron chi connectivity index (χ3n) is 2.48. The summed E-state index contributed by atoms with van der Waals surface area (Å²) in [6.45, 7) is 4.07. The minimum Gasteiger partial charge on any atom is -0.461 e. The molecule has 0 saturated heterocycles. The molecule has 0 amide bonds. The van der Waals surface area contributed by atoms with E-state index < -0.39 is 0 Å².